The van der Waals surface area contributed by atoms with Crippen LogP contribution in [-0.2, 0) is 14.3 Å². The van der Waals surface area contributed by atoms with Gasteiger partial charge in [0, 0.05) is 13.1 Å². The Bertz CT molecular complexity index is 178. The number of hydrogen-bond donors (Lipinski definition) is 1. The summed E-state index contributed by atoms with van der Waals surface area (Å²) in [5, 5.41) is 2.49. The van der Waals surface area contributed by atoms with Gasteiger partial charge >= 0.3 is 0 Å². The van der Waals surface area contributed by atoms with Crippen molar-refractivity contribution in [3.63, 3.8) is 0 Å². The molecule has 5 heteroatoms. The minimum atomic E-state index is -0.103. The van der Waals surface area contributed by atoms with Gasteiger partial charge in [-0.15, -0.1) is 0 Å². The normalized spacial score (nSPS) is 18.2. The summed E-state index contributed by atoms with van der Waals surface area (Å²) in [5.41, 5.74) is 0. The summed E-state index contributed by atoms with van der Waals surface area (Å²) in [5.74, 6) is -0.103. The van der Waals surface area contributed by atoms with E-state index in [1.807, 2.05) is 4.90 Å². The zero-order valence-corrected chi connectivity index (χ0v) is 7.49. The molecule has 13 heavy (non-hydrogen) atoms. The molecule has 74 valence electrons. The minimum absolute atomic E-state index is 0.100. The van der Waals surface area contributed by atoms with Crippen molar-refractivity contribution in [2.75, 3.05) is 39.4 Å². The molecule has 1 saturated heterocycles. The Morgan fingerprint density at radius 1 is 1.46 bits per heavy atom. The van der Waals surface area contributed by atoms with Crippen LogP contribution in [0, 0.1) is 0 Å². The van der Waals surface area contributed by atoms with Crippen molar-refractivity contribution in [2.24, 2.45) is 0 Å². The van der Waals surface area contributed by atoms with E-state index in [0.717, 1.165) is 13.1 Å². The molecule has 0 spiro atoms. The van der Waals surface area contributed by atoms with Gasteiger partial charge in [-0.1, -0.05) is 0 Å². The van der Waals surface area contributed by atoms with Crippen LogP contribution in [0.25, 0.3) is 0 Å². The highest BCUT2D eigenvalue weighted by atomic mass is 16.5. The first-order valence-corrected chi connectivity index (χ1v) is 4.33. The number of rotatable bonds is 4. The maximum atomic E-state index is 11.1. The Balaban J connectivity index is 2.14. The third-order valence-electron chi connectivity index (χ3n) is 1.85. The number of carbonyl (C=O) groups is 2. The molecular formula is C8H14N2O3. The molecule has 0 radical (unpaired) electrons. The predicted octanol–water partition coefficient (Wildman–Crippen LogP) is -1.37. The van der Waals surface area contributed by atoms with Gasteiger partial charge in [0.15, 0.2) is 0 Å². The van der Waals surface area contributed by atoms with E-state index < -0.39 is 0 Å². The van der Waals surface area contributed by atoms with Crippen molar-refractivity contribution in [1.29, 1.82) is 0 Å². The van der Waals surface area contributed by atoms with Gasteiger partial charge in [0.05, 0.1) is 26.3 Å². The fourth-order valence-corrected chi connectivity index (χ4v) is 1.17. The Kier molecular flexibility index (Phi) is 4.42. The first kappa shape index (κ1) is 10.1. The number of morpholine rings is 1. The molecule has 0 bridgehead atoms. The topological polar surface area (TPSA) is 58.6 Å². The van der Waals surface area contributed by atoms with E-state index in [0.29, 0.717) is 26.0 Å². The minimum Gasteiger partial charge on any atom is -0.379 e. The van der Waals surface area contributed by atoms with E-state index in [2.05, 4.69) is 5.32 Å². The lowest BCUT2D eigenvalue weighted by atomic mass is 10.4. The fourth-order valence-electron chi connectivity index (χ4n) is 1.17. The summed E-state index contributed by atoms with van der Waals surface area (Å²) in [7, 11) is 0. The summed E-state index contributed by atoms with van der Waals surface area (Å²) in [6, 6.07) is 0. The second-order valence-corrected chi connectivity index (χ2v) is 2.86. The monoisotopic (exact) mass is 186 g/mol. The van der Waals surface area contributed by atoms with Crippen molar-refractivity contribution in [1.82, 2.24) is 10.2 Å². The Labute approximate surface area is 77.0 Å². The van der Waals surface area contributed by atoms with E-state index in [1.54, 1.807) is 0 Å². The highest BCUT2D eigenvalue weighted by Gasteiger charge is 2.13. The first-order chi connectivity index (χ1) is 6.33. The summed E-state index contributed by atoms with van der Waals surface area (Å²) in [6.07, 6.45) is 0.678. The lowest BCUT2D eigenvalue weighted by Gasteiger charge is -2.25. The molecule has 1 aliphatic heterocycles. The Hall–Kier alpha value is -0.940. The number of aldehydes is 1. The average Bonchev–Trinajstić information content (AvgIpc) is 2.16. The van der Waals surface area contributed by atoms with E-state index in [1.165, 1.54) is 0 Å². The molecule has 1 amide bonds. The van der Waals surface area contributed by atoms with Crippen LogP contribution in [0.5, 0.6) is 0 Å². The second kappa shape index (κ2) is 5.66. The molecule has 1 heterocycles. The number of nitrogens with zero attached hydrogens (tertiary/aromatic N) is 1. The molecule has 0 unspecified atom stereocenters. The van der Waals surface area contributed by atoms with Crippen molar-refractivity contribution in [3.8, 4) is 0 Å². The molecule has 0 aromatic rings. The van der Waals surface area contributed by atoms with Gasteiger partial charge in [0.25, 0.3) is 0 Å². The Morgan fingerprint density at radius 2 is 2.15 bits per heavy atom. The summed E-state index contributed by atoms with van der Waals surface area (Å²) in [4.78, 5) is 23.1. The Morgan fingerprint density at radius 3 is 2.77 bits per heavy atom. The maximum absolute atomic E-state index is 11.1. The van der Waals surface area contributed by atoms with Crippen LogP contribution in [0.4, 0.5) is 0 Å². The molecule has 1 fully saturated rings. The van der Waals surface area contributed by atoms with Crippen molar-refractivity contribution < 1.29 is 14.3 Å². The van der Waals surface area contributed by atoms with Crippen LogP contribution in [0.1, 0.15) is 0 Å². The standard InChI is InChI=1S/C8H14N2O3/c11-4-1-9-8(12)7-10-2-5-13-6-3-10/h4H,1-3,5-7H2,(H,9,12). The molecule has 5 nitrogen and oxygen atoms in total. The molecule has 1 rings (SSSR count). The highest BCUT2D eigenvalue weighted by Crippen LogP contribution is 1.94. The van der Waals surface area contributed by atoms with Crippen LogP contribution >= 0.6 is 0 Å². The quantitative estimate of drug-likeness (QED) is 0.550. The molecule has 1 N–H and O–H groups in total. The van der Waals surface area contributed by atoms with Crippen molar-refractivity contribution in [3.05, 3.63) is 0 Å². The van der Waals surface area contributed by atoms with E-state index in [-0.39, 0.29) is 12.5 Å². The highest BCUT2D eigenvalue weighted by molar-refractivity contribution is 5.80. The van der Waals surface area contributed by atoms with Gasteiger partial charge < -0.3 is 14.8 Å². The van der Waals surface area contributed by atoms with Gasteiger partial charge in [0.2, 0.25) is 5.91 Å². The summed E-state index contributed by atoms with van der Waals surface area (Å²) in [6.45, 7) is 3.39. The third-order valence-corrected chi connectivity index (χ3v) is 1.85. The van der Waals surface area contributed by atoms with Crippen molar-refractivity contribution >= 4 is 12.2 Å². The average molecular weight is 186 g/mol. The number of nitrogens with one attached hydrogen (secondary N) is 1. The van der Waals surface area contributed by atoms with E-state index in [9.17, 15) is 9.59 Å². The number of amides is 1. The number of ether oxygens (including phenoxy) is 1. The molecule has 1 aliphatic rings. The molecule has 0 aromatic carbocycles. The van der Waals surface area contributed by atoms with Crippen LogP contribution in [0.15, 0.2) is 0 Å². The fraction of sp³-hybridized carbons (Fsp3) is 0.750. The van der Waals surface area contributed by atoms with E-state index in [4.69, 9.17) is 4.74 Å². The third kappa shape index (κ3) is 4.00. The second-order valence-electron chi connectivity index (χ2n) is 2.86. The zero-order chi connectivity index (χ0) is 9.52. The summed E-state index contributed by atoms with van der Waals surface area (Å²) < 4.78 is 5.13. The first-order valence-electron chi connectivity index (χ1n) is 4.33. The van der Waals surface area contributed by atoms with Crippen LogP contribution < -0.4 is 5.32 Å². The van der Waals surface area contributed by atoms with Gasteiger partial charge in [0.1, 0.15) is 6.29 Å². The van der Waals surface area contributed by atoms with Crippen LogP contribution in [-0.4, -0.2) is 56.5 Å². The molecule has 0 aromatic heterocycles. The van der Waals surface area contributed by atoms with Gasteiger partial charge in [-0.3, -0.25) is 9.69 Å². The smallest absolute Gasteiger partial charge is 0.234 e. The lowest BCUT2D eigenvalue weighted by molar-refractivity contribution is -0.124. The zero-order valence-electron chi connectivity index (χ0n) is 7.49. The lowest BCUT2D eigenvalue weighted by Crippen LogP contribution is -2.43. The largest absolute Gasteiger partial charge is 0.379 e. The van der Waals surface area contributed by atoms with Crippen LogP contribution in [0.2, 0.25) is 0 Å². The van der Waals surface area contributed by atoms with E-state index >= 15 is 0 Å². The molecule has 0 atom stereocenters. The summed E-state index contributed by atoms with van der Waals surface area (Å²) >= 11 is 0. The number of carbonyl (C=O) groups excluding carboxylic acids is 2. The molecule has 0 aliphatic carbocycles. The van der Waals surface area contributed by atoms with Crippen LogP contribution in [0.3, 0.4) is 0 Å². The van der Waals surface area contributed by atoms with Gasteiger partial charge in [-0.2, -0.15) is 0 Å². The predicted molar refractivity (Wildman–Crippen MR) is 46.3 cm³/mol. The number of hydrogen-bond acceptors (Lipinski definition) is 4. The molecular weight excluding hydrogens is 172 g/mol. The van der Waals surface area contributed by atoms with Crippen molar-refractivity contribution in [2.45, 2.75) is 0 Å². The maximum Gasteiger partial charge on any atom is 0.234 e. The SMILES string of the molecule is O=CCNC(=O)CN1CCOCC1. The van der Waals surface area contributed by atoms with Gasteiger partial charge in [-0.25, -0.2) is 0 Å². The van der Waals surface area contributed by atoms with Gasteiger partial charge in [-0.05, 0) is 0 Å². The molecule has 0 saturated carbocycles.